The number of primary amides is 1. The van der Waals surface area contributed by atoms with Gasteiger partial charge < -0.3 is 10.6 Å². The molecule has 6 heteroatoms. The number of nitrogens with two attached hydrogens (primary N) is 1. The van der Waals surface area contributed by atoms with Crippen LogP contribution < -0.4 is 10.6 Å². The van der Waals surface area contributed by atoms with Crippen molar-refractivity contribution in [1.29, 1.82) is 0 Å². The predicted molar refractivity (Wildman–Crippen MR) is 61.8 cm³/mol. The van der Waals surface area contributed by atoms with E-state index in [0.29, 0.717) is 11.6 Å². The monoisotopic (exact) mass is 230 g/mol. The Morgan fingerprint density at radius 1 is 1.41 bits per heavy atom. The average molecular weight is 230 g/mol. The van der Waals surface area contributed by atoms with Crippen molar-refractivity contribution >= 4 is 17.5 Å². The van der Waals surface area contributed by atoms with Crippen molar-refractivity contribution in [3.05, 3.63) is 23.9 Å². The van der Waals surface area contributed by atoms with Crippen molar-refractivity contribution in [2.24, 2.45) is 5.73 Å². The van der Waals surface area contributed by atoms with Crippen LogP contribution in [0.2, 0.25) is 0 Å². The number of amides is 1. The molecule has 3 heterocycles. The summed E-state index contributed by atoms with van der Waals surface area (Å²) in [5.41, 5.74) is 6.03. The van der Waals surface area contributed by atoms with Crippen LogP contribution in [0.3, 0.4) is 0 Å². The van der Waals surface area contributed by atoms with Gasteiger partial charge in [0.05, 0.1) is 5.56 Å². The maximum absolute atomic E-state index is 11.2. The Kier molecular flexibility index (Phi) is 2.21. The molecule has 0 bridgehead atoms. The highest BCUT2D eigenvalue weighted by Crippen LogP contribution is 2.18. The van der Waals surface area contributed by atoms with Gasteiger partial charge in [-0.3, -0.25) is 4.79 Å². The van der Waals surface area contributed by atoms with Gasteiger partial charge in [-0.25, -0.2) is 4.52 Å². The molecule has 0 saturated carbocycles. The van der Waals surface area contributed by atoms with Gasteiger partial charge in [-0.1, -0.05) is 0 Å². The van der Waals surface area contributed by atoms with E-state index in [1.165, 1.54) is 0 Å². The molecule has 1 fully saturated rings. The van der Waals surface area contributed by atoms with Gasteiger partial charge in [0.2, 0.25) is 5.95 Å². The Morgan fingerprint density at radius 2 is 2.18 bits per heavy atom. The van der Waals surface area contributed by atoms with Crippen LogP contribution in [-0.2, 0) is 0 Å². The number of aromatic nitrogens is 3. The fourth-order valence-corrected chi connectivity index (χ4v) is 2.07. The first-order chi connectivity index (χ1) is 8.25. The molecule has 2 aromatic rings. The second-order valence-electron chi connectivity index (χ2n) is 4.07. The normalized spacial score (nSPS) is 15.6. The van der Waals surface area contributed by atoms with Gasteiger partial charge in [-0.15, -0.1) is 5.10 Å². The number of nitrogens with zero attached hydrogens (tertiary/aromatic N) is 4. The summed E-state index contributed by atoms with van der Waals surface area (Å²) in [5.74, 6) is 0.126. The van der Waals surface area contributed by atoms with Crippen LogP contribution in [0.15, 0.2) is 12.3 Å². The standard InChI is InChI=1S/C11H12N5O/c12-9(17)8-4-3-7-16-10(8)13-11(14-16)15-5-1-2-6-15/h3,7H,1-2,5-6H2,(H2,12,17). The maximum atomic E-state index is 11.2. The van der Waals surface area contributed by atoms with E-state index in [-0.39, 0.29) is 5.56 Å². The largest absolute Gasteiger partial charge is 0.365 e. The molecular formula is C11H12N5O. The summed E-state index contributed by atoms with van der Waals surface area (Å²) in [6.07, 6.45) is 4.03. The lowest BCUT2D eigenvalue weighted by atomic mass is 10.2. The minimum absolute atomic E-state index is 0.283. The summed E-state index contributed by atoms with van der Waals surface area (Å²) in [6, 6.07) is 4.42. The molecule has 0 aliphatic carbocycles. The van der Waals surface area contributed by atoms with Crippen LogP contribution >= 0.6 is 0 Å². The SMILES string of the molecule is NC(=O)c1[c]ccn2nc(N3CCCC3)nc12. The van der Waals surface area contributed by atoms with E-state index >= 15 is 0 Å². The minimum atomic E-state index is -0.532. The topological polar surface area (TPSA) is 76.5 Å². The predicted octanol–water partition coefficient (Wildman–Crippen LogP) is 0.229. The van der Waals surface area contributed by atoms with Crippen molar-refractivity contribution in [3.8, 4) is 0 Å². The molecule has 6 nitrogen and oxygen atoms in total. The molecule has 1 saturated heterocycles. The van der Waals surface area contributed by atoms with Crippen molar-refractivity contribution in [3.63, 3.8) is 0 Å². The van der Waals surface area contributed by atoms with Crippen LogP contribution in [0.4, 0.5) is 5.95 Å². The van der Waals surface area contributed by atoms with Gasteiger partial charge in [-0.05, 0) is 18.9 Å². The van der Waals surface area contributed by atoms with E-state index in [1.54, 1.807) is 16.8 Å². The molecule has 0 spiro atoms. The minimum Gasteiger partial charge on any atom is -0.365 e. The van der Waals surface area contributed by atoms with Gasteiger partial charge >= 0.3 is 0 Å². The lowest BCUT2D eigenvalue weighted by Crippen LogP contribution is -2.19. The van der Waals surface area contributed by atoms with Crippen molar-refractivity contribution in [2.45, 2.75) is 12.8 Å². The number of rotatable bonds is 2. The number of fused-ring (bicyclic) bond motifs is 1. The van der Waals surface area contributed by atoms with E-state index in [2.05, 4.69) is 21.0 Å². The lowest BCUT2D eigenvalue weighted by molar-refractivity contribution is 0.100. The Hall–Kier alpha value is -2.11. The summed E-state index contributed by atoms with van der Waals surface area (Å²) in [4.78, 5) is 17.7. The van der Waals surface area contributed by atoms with E-state index < -0.39 is 5.91 Å². The first-order valence-electron chi connectivity index (χ1n) is 5.57. The summed E-state index contributed by atoms with van der Waals surface area (Å²) in [5, 5.41) is 4.34. The Labute approximate surface area is 98.0 Å². The van der Waals surface area contributed by atoms with E-state index in [0.717, 1.165) is 25.9 Å². The number of hydrogen-bond donors (Lipinski definition) is 1. The Balaban J connectivity index is 2.11. The molecule has 1 aliphatic heterocycles. The first-order valence-corrected chi connectivity index (χ1v) is 5.57. The van der Waals surface area contributed by atoms with Crippen LogP contribution in [-0.4, -0.2) is 33.6 Å². The average Bonchev–Trinajstić information content (AvgIpc) is 2.96. The highest BCUT2D eigenvalue weighted by molar-refractivity contribution is 5.98. The third-order valence-corrected chi connectivity index (χ3v) is 2.92. The van der Waals surface area contributed by atoms with Crippen LogP contribution in [0.25, 0.3) is 5.65 Å². The molecule has 1 aliphatic rings. The number of carbonyl (C=O) groups excluding carboxylic acids is 1. The van der Waals surface area contributed by atoms with Gasteiger partial charge in [0, 0.05) is 25.4 Å². The maximum Gasteiger partial charge on any atom is 0.253 e. The van der Waals surface area contributed by atoms with Gasteiger partial charge in [0.15, 0.2) is 5.65 Å². The van der Waals surface area contributed by atoms with Crippen molar-refractivity contribution in [2.75, 3.05) is 18.0 Å². The molecule has 1 radical (unpaired) electrons. The number of carbonyl (C=O) groups is 1. The number of anilines is 1. The molecule has 3 rings (SSSR count). The zero-order chi connectivity index (χ0) is 11.8. The molecule has 0 aromatic carbocycles. The smallest absolute Gasteiger partial charge is 0.253 e. The second kappa shape index (κ2) is 3.73. The molecule has 2 aromatic heterocycles. The summed E-state index contributed by atoms with van der Waals surface area (Å²) >= 11 is 0. The molecule has 17 heavy (non-hydrogen) atoms. The summed E-state index contributed by atoms with van der Waals surface area (Å²) in [6.45, 7) is 1.93. The number of pyridine rings is 1. The number of hydrogen-bond acceptors (Lipinski definition) is 4. The fraction of sp³-hybridized carbons (Fsp3) is 0.364. The molecule has 0 atom stereocenters. The molecule has 0 unspecified atom stereocenters. The summed E-state index contributed by atoms with van der Waals surface area (Å²) in [7, 11) is 0. The van der Waals surface area contributed by atoms with Crippen LogP contribution in [0.5, 0.6) is 0 Å². The molecule has 87 valence electrons. The van der Waals surface area contributed by atoms with E-state index in [4.69, 9.17) is 5.73 Å². The second-order valence-corrected chi connectivity index (χ2v) is 4.07. The zero-order valence-electron chi connectivity index (χ0n) is 9.26. The highest BCUT2D eigenvalue weighted by atomic mass is 16.1. The third-order valence-electron chi connectivity index (χ3n) is 2.92. The first kappa shape index (κ1) is 10.1. The van der Waals surface area contributed by atoms with Crippen LogP contribution in [0.1, 0.15) is 23.2 Å². The Morgan fingerprint density at radius 3 is 2.88 bits per heavy atom. The van der Waals surface area contributed by atoms with Crippen molar-refractivity contribution in [1.82, 2.24) is 14.6 Å². The van der Waals surface area contributed by atoms with Crippen LogP contribution in [0, 0.1) is 6.07 Å². The van der Waals surface area contributed by atoms with Gasteiger partial charge in [0.25, 0.3) is 5.91 Å². The Bertz CT molecular complexity index is 570. The molecule has 2 N–H and O–H groups in total. The highest BCUT2D eigenvalue weighted by Gasteiger charge is 2.18. The fourth-order valence-electron chi connectivity index (χ4n) is 2.07. The zero-order valence-corrected chi connectivity index (χ0v) is 9.26. The third kappa shape index (κ3) is 1.61. The van der Waals surface area contributed by atoms with E-state index in [1.807, 2.05) is 0 Å². The van der Waals surface area contributed by atoms with E-state index in [9.17, 15) is 4.79 Å². The summed E-state index contributed by atoms with van der Waals surface area (Å²) < 4.78 is 1.57. The lowest BCUT2D eigenvalue weighted by Gasteiger charge is -2.10. The molecule has 1 amide bonds. The molecular weight excluding hydrogens is 218 g/mol. The van der Waals surface area contributed by atoms with Gasteiger partial charge in [-0.2, -0.15) is 4.98 Å². The van der Waals surface area contributed by atoms with Crippen molar-refractivity contribution < 1.29 is 4.79 Å². The quantitative estimate of drug-likeness (QED) is 0.801. The van der Waals surface area contributed by atoms with Gasteiger partial charge in [0.1, 0.15) is 0 Å².